The summed E-state index contributed by atoms with van der Waals surface area (Å²) < 4.78 is 11.4. The summed E-state index contributed by atoms with van der Waals surface area (Å²) in [7, 11) is 0. The van der Waals surface area contributed by atoms with Crippen molar-refractivity contribution in [2.24, 2.45) is 0 Å². The van der Waals surface area contributed by atoms with Crippen LogP contribution in [0.4, 0.5) is 22.7 Å². The van der Waals surface area contributed by atoms with Crippen LogP contribution in [0.5, 0.6) is 11.5 Å². The molecule has 0 saturated heterocycles. The second-order valence-corrected chi connectivity index (χ2v) is 22.3. The van der Waals surface area contributed by atoms with E-state index in [-0.39, 0.29) is 37.3 Å². The van der Waals surface area contributed by atoms with Crippen LogP contribution in [0.25, 0.3) is 66.2 Å². The molecule has 0 radical (unpaired) electrons. The monoisotopic (exact) mass is 1130 g/mol. The number of aromatic nitrogens is 3. The number of para-hydroxylation sites is 4. The molecule has 0 aliphatic carbocycles. The fourth-order valence-electron chi connectivity index (χ4n) is 10.4. The maximum atomic E-state index is 6.78. The summed E-state index contributed by atoms with van der Waals surface area (Å²) in [6, 6.07) is 70.5. The zero-order chi connectivity index (χ0) is 49.7. The molecular weight excluding hydrogens is 1070 g/mol. The molecule has 11 aromatic rings. The van der Waals surface area contributed by atoms with Gasteiger partial charge in [0.25, 0.3) is 0 Å². The zero-order valence-electron chi connectivity index (χ0n) is 42.9. The van der Waals surface area contributed by atoms with Gasteiger partial charge in [-0.3, -0.25) is 0 Å². The molecule has 0 amide bonds. The van der Waals surface area contributed by atoms with Gasteiger partial charge in [-0.2, -0.15) is 12.1 Å². The van der Waals surface area contributed by atoms with E-state index in [0.29, 0.717) is 11.5 Å². The van der Waals surface area contributed by atoms with Gasteiger partial charge in [-0.25, -0.2) is 4.98 Å². The second-order valence-electron chi connectivity index (χ2n) is 22.3. The van der Waals surface area contributed by atoms with Crippen LogP contribution in [0.3, 0.4) is 0 Å². The predicted octanol–water partition coefficient (Wildman–Crippen LogP) is 17.6. The second kappa shape index (κ2) is 18.0. The molecule has 3 aromatic heterocycles. The molecule has 1 aliphatic heterocycles. The Morgan fingerprint density at radius 3 is 1.85 bits per heavy atom. The van der Waals surface area contributed by atoms with Crippen LogP contribution in [0.15, 0.2) is 182 Å². The summed E-state index contributed by atoms with van der Waals surface area (Å²) in [5, 5.41) is 4.62. The van der Waals surface area contributed by atoms with Crippen molar-refractivity contribution >= 4 is 66.4 Å². The van der Waals surface area contributed by atoms with E-state index in [1.165, 1.54) is 44.1 Å². The fraction of sp³-hybridized carbons (Fsp3) is 0.182. The van der Waals surface area contributed by atoms with Gasteiger partial charge in [0.05, 0.1) is 11.0 Å². The molecule has 4 heterocycles. The first-order chi connectivity index (χ1) is 34.6. The third kappa shape index (κ3) is 8.50. The molecule has 0 unspecified atom stereocenters. The molecule has 0 fully saturated rings. The SMILES string of the molecule is CC(C)(C)c1cc(N2[CH-]N(c3[c-]c(Oc4[c-]c5c(cc4)c4cc(-c6cccc7c6c6ccccc6n7-c6ccccc6)ccc4n5-c4cc(C(C)(C)C)ccn4)ccc3)c3ccccc32)cc(C(C)(C)C)c1.[Pt]. The van der Waals surface area contributed by atoms with Gasteiger partial charge >= 0.3 is 0 Å². The van der Waals surface area contributed by atoms with Crippen LogP contribution in [0.2, 0.25) is 0 Å². The molecular formula is C66H58N5OPt-3. The number of fused-ring (bicyclic) bond motifs is 7. The number of rotatable bonds is 7. The summed E-state index contributed by atoms with van der Waals surface area (Å²) in [6.07, 6.45) is 1.92. The van der Waals surface area contributed by atoms with Crippen LogP contribution < -0.4 is 14.5 Å². The van der Waals surface area contributed by atoms with Crippen molar-refractivity contribution in [3.8, 4) is 34.1 Å². The first kappa shape index (κ1) is 47.9. The van der Waals surface area contributed by atoms with Gasteiger partial charge in [-0.1, -0.05) is 147 Å². The standard InChI is InChI=1S/C66H58N5O.Pt/c1-64(2,3)44-33-34-67-62(39-44)71-57-32-29-43(52-24-18-28-60-63(52)54-23-13-14-25-56(54)70(60)47-19-11-10-12-20-47)35-55(57)53-31-30-51(41-61(53)71)72-50-22-17-21-48(40-50)68-42-69(59-27-16-15-26-58(59)68)49-37-45(65(4,5)6)36-46(38-49)66(7,8)9;/h10-39,42H,1-9H3;/q-3;. The molecule has 0 spiro atoms. The Balaban J connectivity index is 0.00000574. The Bertz CT molecular complexity index is 3870. The van der Waals surface area contributed by atoms with Crippen molar-refractivity contribution in [2.75, 3.05) is 9.80 Å². The number of anilines is 4. The Labute approximate surface area is 443 Å². The molecule has 6 nitrogen and oxygen atoms in total. The summed E-state index contributed by atoms with van der Waals surface area (Å²) in [5.74, 6) is 2.02. The summed E-state index contributed by atoms with van der Waals surface area (Å²) >= 11 is 0. The van der Waals surface area contributed by atoms with E-state index < -0.39 is 0 Å². The van der Waals surface area contributed by atoms with Crippen molar-refractivity contribution < 1.29 is 25.8 Å². The van der Waals surface area contributed by atoms with Crippen molar-refractivity contribution in [1.82, 2.24) is 14.1 Å². The minimum Gasteiger partial charge on any atom is -0.509 e. The first-order valence-electron chi connectivity index (χ1n) is 25.0. The maximum absolute atomic E-state index is 6.78. The Morgan fingerprint density at radius 2 is 1.11 bits per heavy atom. The Kier molecular flexibility index (Phi) is 11.8. The van der Waals surface area contributed by atoms with Gasteiger partial charge in [-0.05, 0) is 116 Å². The first-order valence-corrected chi connectivity index (χ1v) is 25.0. The van der Waals surface area contributed by atoms with E-state index in [9.17, 15) is 0 Å². The van der Waals surface area contributed by atoms with Crippen molar-refractivity contribution in [3.63, 3.8) is 0 Å². The number of nitrogens with zero attached hydrogens (tertiary/aromatic N) is 5. The molecule has 8 aromatic carbocycles. The van der Waals surface area contributed by atoms with Crippen LogP contribution in [0.1, 0.15) is 79.0 Å². The van der Waals surface area contributed by atoms with E-state index in [1.54, 1.807) is 0 Å². The van der Waals surface area contributed by atoms with Crippen molar-refractivity contribution in [1.29, 1.82) is 0 Å². The van der Waals surface area contributed by atoms with Crippen LogP contribution in [-0.2, 0) is 37.3 Å². The molecule has 12 rings (SSSR count). The van der Waals surface area contributed by atoms with Crippen molar-refractivity contribution in [3.05, 3.63) is 218 Å². The normalized spacial score (nSPS) is 13.1. The molecule has 0 atom stereocenters. The molecule has 1 aliphatic rings. The summed E-state index contributed by atoms with van der Waals surface area (Å²) in [4.78, 5) is 9.52. The number of hydrogen-bond acceptors (Lipinski definition) is 4. The molecule has 7 heteroatoms. The Morgan fingerprint density at radius 1 is 0.466 bits per heavy atom. The van der Waals surface area contributed by atoms with Gasteiger partial charge in [0.15, 0.2) is 0 Å². The Hall–Kier alpha value is -7.40. The number of hydrogen-bond donors (Lipinski definition) is 0. The van der Waals surface area contributed by atoms with Crippen LogP contribution in [-0.4, -0.2) is 14.1 Å². The van der Waals surface area contributed by atoms with E-state index in [0.717, 1.165) is 61.6 Å². The topological polar surface area (TPSA) is 38.5 Å². The summed E-state index contributed by atoms with van der Waals surface area (Å²) in [6.45, 7) is 22.6. The average molecular weight is 1130 g/mol. The van der Waals surface area contributed by atoms with Gasteiger partial charge in [0.2, 0.25) is 0 Å². The third-order valence-corrected chi connectivity index (χ3v) is 14.3. The molecule has 0 saturated carbocycles. The largest absolute Gasteiger partial charge is 0.509 e. The molecule has 366 valence electrons. The number of pyridine rings is 1. The van der Waals surface area contributed by atoms with Gasteiger partial charge in [0.1, 0.15) is 5.82 Å². The van der Waals surface area contributed by atoms with E-state index in [4.69, 9.17) is 9.72 Å². The van der Waals surface area contributed by atoms with Crippen LogP contribution in [0, 0.1) is 18.8 Å². The van der Waals surface area contributed by atoms with E-state index >= 15 is 0 Å². The minimum atomic E-state index is -0.0732. The van der Waals surface area contributed by atoms with Gasteiger partial charge in [-0.15, -0.1) is 48.1 Å². The maximum Gasteiger partial charge on any atom is 0.135 e. The fourth-order valence-corrected chi connectivity index (χ4v) is 10.4. The van der Waals surface area contributed by atoms with Gasteiger partial charge < -0.3 is 23.7 Å². The third-order valence-electron chi connectivity index (χ3n) is 14.3. The van der Waals surface area contributed by atoms with E-state index in [2.05, 4.69) is 258 Å². The molecule has 0 N–H and O–H groups in total. The summed E-state index contributed by atoms with van der Waals surface area (Å²) in [5.41, 5.74) is 15.7. The minimum absolute atomic E-state index is 0. The smallest absolute Gasteiger partial charge is 0.135 e. The molecule has 73 heavy (non-hydrogen) atoms. The van der Waals surface area contributed by atoms with Crippen molar-refractivity contribution in [2.45, 2.75) is 78.6 Å². The van der Waals surface area contributed by atoms with E-state index in [1.807, 2.05) is 24.4 Å². The van der Waals surface area contributed by atoms with Gasteiger partial charge in [0, 0.05) is 77.8 Å². The number of benzene rings is 8. The quantitative estimate of drug-likeness (QED) is 0.149. The molecule has 0 bridgehead atoms. The number of ether oxygens (including phenoxy) is 1. The average Bonchev–Trinajstić information content (AvgIpc) is 4.04. The van der Waals surface area contributed by atoms with Crippen LogP contribution >= 0.6 is 0 Å². The zero-order valence-corrected chi connectivity index (χ0v) is 45.1. The predicted molar refractivity (Wildman–Crippen MR) is 300 cm³/mol.